The largest absolute Gasteiger partial charge is 0.244 e. The molecule has 0 amide bonds. The number of halogens is 1. The van der Waals surface area contributed by atoms with Crippen molar-refractivity contribution in [1.29, 1.82) is 0 Å². The summed E-state index contributed by atoms with van der Waals surface area (Å²) in [6, 6.07) is 3.46. The molecule has 0 saturated carbocycles. The van der Waals surface area contributed by atoms with Gasteiger partial charge in [0.1, 0.15) is 5.15 Å². The topological polar surface area (TPSA) is 47.0 Å². The average molecular weight is 232 g/mol. The summed E-state index contributed by atoms with van der Waals surface area (Å²) in [4.78, 5) is 3.89. The van der Waals surface area contributed by atoms with E-state index in [4.69, 9.17) is 11.6 Å². The van der Waals surface area contributed by atoms with E-state index < -0.39 is 15.1 Å². The first-order valence-corrected chi connectivity index (χ1v) is 6.52. The van der Waals surface area contributed by atoms with Crippen LogP contribution in [0.4, 0.5) is 0 Å². The van der Waals surface area contributed by atoms with Crippen molar-refractivity contribution in [3.8, 4) is 0 Å². The molecule has 1 unspecified atom stereocenters. The lowest BCUT2D eigenvalue weighted by Gasteiger charge is -2.09. The van der Waals surface area contributed by atoms with Gasteiger partial charge >= 0.3 is 0 Å². The quantitative estimate of drug-likeness (QED) is 0.695. The monoisotopic (exact) mass is 231 g/mol. The van der Waals surface area contributed by atoms with Crippen molar-refractivity contribution >= 4 is 21.4 Å². The van der Waals surface area contributed by atoms with Crippen molar-refractivity contribution in [2.45, 2.75) is 18.1 Å². The second-order valence-electron chi connectivity index (χ2n) is 3.38. The van der Waals surface area contributed by atoms with Crippen LogP contribution in [0.5, 0.6) is 0 Å². The summed E-state index contributed by atoms with van der Waals surface area (Å²) in [5, 5.41) is -0.133. The molecule has 1 saturated heterocycles. The summed E-state index contributed by atoms with van der Waals surface area (Å²) < 4.78 is 23.3. The van der Waals surface area contributed by atoms with E-state index in [-0.39, 0.29) is 5.75 Å². The lowest BCUT2D eigenvalue weighted by Crippen LogP contribution is -2.08. The highest BCUT2D eigenvalue weighted by molar-refractivity contribution is 7.91. The number of sulfone groups is 1. The van der Waals surface area contributed by atoms with Crippen LogP contribution >= 0.6 is 11.6 Å². The van der Waals surface area contributed by atoms with Gasteiger partial charge in [-0.15, -0.1) is 0 Å². The molecule has 1 aromatic heterocycles. The van der Waals surface area contributed by atoms with Crippen LogP contribution < -0.4 is 0 Å². The number of hydrogen-bond acceptors (Lipinski definition) is 3. The van der Waals surface area contributed by atoms with Gasteiger partial charge < -0.3 is 0 Å². The molecule has 0 aliphatic carbocycles. The summed E-state index contributed by atoms with van der Waals surface area (Å²) in [6.07, 6.45) is 2.94. The Bertz CT molecular complexity index is 444. The van der Waals surface area contributed by atoms with Crippen LogP contribution in [0.1, 0.15) is 23.7 Å². The van der Waals surface area contributed by atoms with Crippen LogP contribution in [0.2, 0.25) is 5.15 Å². The zero-order valence-corrected chi connectivity index (χ0v) is 9.05. The molecule has 14 heavy (non-hydrogen) atoms. The molecule has 76 valence electrons. The Morgan fingerprint density at radius 2 is 2.29 bits per heavy atom. The normalized spacial score (nSPS) is 25.1. The molecule has 0 radical (unpaired) electrons. The van der Waals surface area contributed by atoms with Crippen LogP contribution in [-0.2, 0) is 9.84 Å². The molecule has 2 heterocycles. The Balaban J connectivity index is 2.46. The Hall–Kier alpha value is -0.610. The fraction of sp³-hybridized carbons (Fsp3) is 0.444. The second-order valence-corrected chi connectivity index (χ2v) is 6.04. The lowest BCUT2D eigenvalue weighted by molar-refractivity contribution is 0.592. The minimum Gasteiger partial charge on any atom is -0.244 e. The molecule has 2 rings (SSSR count). The predicted molar refractivity (Wildman–Crippen MR) is 55.0 cm³/mol. The highest BCUT2D eigenvalue weighted by atomic mass is 35.5. The summed E-state index contributed by atoms with van der Waals surface area (Å²) in [7, 11) is -2.99. The zero-order chi connectivity index (χ0) is 10.2. The molecule has 1 atom stereocenters. The van der Waals surface area contributed by atoms with E-state index in [1.54, 1.807) is 18.3 Å². The van der Waals surface area contributed by atoms with E-state index in [9.17, 15) is 8.42 Å². The van der Waals surface area contributed by atoms with Crippen molar-refractivity contribution in [2.24, 2.45) is 0 Å². The van der Waals surface area contributed by atoms with Crippen molar-refractivity contribution < 1.29 is 8.42 Å². The Kier molecular flexibility index (Phi) is 2.49. The van der Waals surface area contributed by atoms with E-state index in [1.165, 1.54) is 0 Å². The molecular formula is C9H10ClNO2S. The van der Waals surface area contributed by atoms with Gasteiger partial charge in [0.2, 0.25) is 0 Å². The minimum atomic E-state index is -2.99. The summed E-state index contributed by atoms with van der Waals surface area (Å²) in [6.45, 7) is 0. The van der Waals surface area contributed by atoms with Crippen LogP contribution in [0.3, 0.4) is 0 Å². The van der Waals surface area contributed by atoms with Crippen LogP contribution in [0, 0.1) is 0 Å². The van der Waals surface area contributed by atoms with Crippen LogP contribution in [-0.4, -0.2) is 19.2 Å². The van der Waals surface area contributed by atoms with Gasteiger partial charge in [-0.1, -0.05) is 17.7 Å². The fourth-order valence-electron chi connectivity index (χ4n) is 1.78. The zero-order valence-electron chi connectivity index (χ0n) is 7.48. The first kappa shape index (κ1) is 9.93. The highest BCUT2D eigenvalue weighted by Crippen LogP contribution is 2.36. The molecule has 1 aliphatic rings. The molecule has 0 aromatic carbocycles. The van der Waals surface area contributed by atoms with Crippen LogP contribution in [0.25, 0.3) is 0 Å². The molecule has 0 spiro atoms. The average Bonchev–Trinajstić information content (AvgIpc) is 2.46. The van der Waals surface area contributed by atoms with Gasteiger partial charge in [-0.05, 0) is 18.9 Å². The van der Waals surface area contributed by atoms with Crippen LogP contribution in [0.15, 0.2) is 18.3 Å². The van der Waals surface area contributed by atoms with E-state index in [0.717, 1.165) is 6.42 Å². The van der Waals surface area contributed by atoms with Gasteiger partial charge in [-0.25, -0.2) is 13.4 Å². The Morgan fingerprint density at radius 3 is 2.86 bits per heavy atom. The van der Waals surface area contributed by atoms with Gasteiger partial charge in [-0.2, -0.15) is 0 Å². The molecule has 0 bridgehead atoms. The maximum absolute atomic E-state index is 11.6. The maximum Gasteiger partial charge on any atom is 0.157 e. The number of pyridine rings is 1. The lowest BCUT2D eigenvalue weighted by atomic mass is 10.1. The number of rotatable bonds is 1. The summed E-state index contributed by atoms with van der Waals surface area (Å²) in [5.41, 5.74) is 0.645. The number of nitrogens with zero attached hydrogens (tertiary/aromatic N) is 1. The van der Waals surface area contributed by atoms with Gasteiger partial charge in [-0.3, -0.25) is 0 Å². The third kappa shape index (κ3) is 1.64. The molecule has 1 aliphatic heterocycles. The van der Waals surface area contributed by atoms with E-state index in [1.807, 2.05) is 0 Å². The predicted octanol–water partition coefficient (Wildman–Crippen LogP) is 1.98. The van der Waals surface area contributed by atoms with Crippen molar-refractivity contribution in [1.82, 2.24) is 4.98 Å². The third-order valence-electron chi connectivity index (χ3n) is 2.46. The highest BCUT2D eigenvalue weighted by Gasteiger charge is 2.33. The SMILES string of the molecule is O=S1(=O)CCCC1c1cccnc1Cl. The van der Waals surface area contributed by atoms with Crippen molar-refractivity contribution in [2.75, 3.05) is 5.75 Å². The van der Waals surface area contributed by atoms with E-state index >= 15 is 0 Å². The third-order valence-corrected chi connectivity index (χ3v) is 4.99. The fourth-order valence-corrected chi connectivity index (χ4v) is 4.05. The number of aromatic nitrogens is 1. The first-order valence-electron chi connectivity index (χ1n) is 4.43. The Labute approximate surface area is 88.0 Å². The molecule has 0 N–H and O–H groups in total. The van der Waals surface area contributed by atoms with E-state index in [0.29, 0.717) is 17.1 Å². The van der Waals surface area contributed by atoms with Gasteiger partial charge in [0.15, 0.2) is 9.84 Å². The molecule has 1 fully saturated rings. The van der Waals surface area contributed by atoms with Gasteiger partial charge in [0, 0.05) is 11.8 Å². The second kappa shape index (κ2) is 3.51. The smallest absolute Gasteiger partial charge is 0.157 e. The van der Waals surface area contributed by atoms with Gasteiger partial charge in [0.05, 0.1) is 11.0 Å². The molecule has 5 heteroatoms. The number of hydrogen-bond donors (Lipinski definition) is 0. The summed E-state index contributed by atoms with van der Waals surface area (Å²) >= 11 is 5.86. The summed E-state index contributed by atoms with van der Waals surface area (Å²) in [5.74, 6) is 0.267. The Morgan fingerprint density at radius 1 is 1.50 bits per heavy atom. The molecule has 3 nitrogen and oxygen atoms in total. The van der Waals surface area contributed by atoms with Crippen molar-refractivity contribution in [3.63, 3.8) is 0 Å². The first-order chi connectivity index (χ1) is 6.61. The maximum atomic E-state index is 11.6. The molecular weight excluding hydrogens is 222 g/mol. The molecule has 1 aromatic rings. The standard InChI is InChI=1S/C9H10ClNO2S/c10-9-7(3-1-5-11-9)8-4-2-6-14(8,12)13/h1,3,5,8H,2,4,6H2. The minimum absolute atomic E-state index is 0.267. The van der Waals surface area contributed by atoms with Gasteiger partial charge in [0.25, 0.3) is 0 Å². The van der Waals surface area contributed by atoms with E-state index in [2.05, 4.69) is 4.98 Å². The van der Waals surface area contributed by atoms with Crippen molar-refractivity contribution in [3.05, 3.63) is 29.0 Å².